The van der Waals surface area contributed by atoms with Gasteiger partial charge in [-0.15, -0.1) is 0 Å². The summed E-state index contributed by atoms with van der Waals surface area (Å²) in [5.41, 5.74) is 1.47. The monoisotopic (exact) mass is 339 g/mol. The summed E-state index contributed by atoms with van der Waals surface area (Å²) in [6.07, 6.45) is 4.79. The number of hydrogen-bond donors (Lipinski definition) is 1. The van der Waals surface area contributed by atoms with Crippen LogP contribution in [0.1, 0.15) is 23.3 Å². The molecule has 0 saturated carbocycles. The summed E-state index contributed by atoms with van der Waals surface area (Å²) in [6, 6.07) is 10.0. The van der Waals surface area contributed by atoms with Gasteiger partial charge in [-0.2, -0.15) is 0 Å². The molecule has 1 amide bonds. The minimum Gasteiger partial charge on any atom is -0.348 e. The normalized spacial score (nSPS) is 15.6. The number of carbonyl (C=O) groups excluding carboxylic acids is 1. The second kappa shape index (κ2) is 6.52. The molecule has 7 heteroatoms. The van der Waals surface area contributed by atoms with Crippen LogP contribution in [0.25, 0.3) is 10.2 Å². The molecule has 3 heterocycles. The molecule has 0 radical (unpaired) electrons. The second-order valence-electron chi connectivity index (χ2n) is 5.79. The standard InChI is InChI=1S/C17H17N5OS/c23-16(14-5-8-18-11-19-14)20-12-6-9-22(10-7-12)17-21-13-3-1-2-4-15(13)24-17/h1-5,8,11-12H,6-7,9-10H2,(H,20,23). The molecule has 1 fully saturated rings. The van der Waals surface area contributed by atoms with Crippen LogP contribution in [0.4, 0.5) is 5.13 Å². The van der Waals surface area contributed by atoms with Crippen molar-refractivity contribution >= 4 is 32.6 Å². The number of hydrogen-bond acceptors (Lipinski definition) is 6. The van der Waals surface area contributed by atoms with Gasteiger partial charge >= 0.3 is 0 Å². The number of aromatic nitrogens is 3. The molecule has 1 N–H and O–H groups in total. The van der Waals surface area contributed by atoms with E-state index in [0.29, 0.717) is 5.69 Å². The van der Waals surface area contributed by atoms with Gasteiger partial charge in [0.2, 0.25) is 0 Å². The van der Waals surface area contributed by atoms with Crippen molar-refractivity contribution in [3.8, 4) is 0 Å². The van der Waals surface area contributed by atoms with Crippen molar-refractivity contribution in [2.45, 2.75) is 18.9 Å². The van der Waals surface area contributed by atoms with Crippen LogP contribution in [0.2, 0.25) is 0 Å². The topological polar surface area (TPSA) is 71.0 Å². The van der Waals surface area contributed by atoms with E-state index in [1.54, 1.807) is 23.6 Å². The van der Waals surface area contributed by atoms with Crippen LogP contribution in [0.15, 0.2) is 42.9 Å². The van der Waals surface area contributed by atoms with Gasteiger partial charge in [-0.3, -0.25) is 4.79 Å². The summed E-state index contributed by atoms with van der Waals surface area (Å²) in [5, 5.41) is 4.13. The molecule has 0 aliphatic carbocycles. The minimum atomic E-state index is -0.129. The lowest BCUT2D eigenvalue weighted by molar-refractivity contribution is 0.0926. The maximum absolute atomic E-state index is 12.2. The molecule has 3 aromatic rings. The molecule has 1 aromatic carbocycles. The molecular formula is C17H17N5OS. The molecule has 1 saturated heterocycles. The number of nitrogens with one attached hydrogen (secondary N) is 1. The van der Waals surface area contributed by atoms with E-state index >= 15 is 0 Å². The highest BCUT2D eigenvalue weighted by molar-refractivity contribution is 7.22. The van der Waals surface area contributed by atoms with Crippen molar-refractivity contribution in [1.29, 1.82) is 0 Å². The van der Waals surface area contributed by atoms with E-state index in [0.717, 1.165) is 36.6 Å². The fourth-order valence-electron chi connectivity index (χ4n) is 2.89. The van der Waals surface area contributed by atoms with E-state index in [-0.39, 0.29) is 11.9 Å². The fourth-order valence-corrected chi connectivity index (χ4v) is 3.91. The van der Waals surface area contributed by atoms with Gasteiger partial charge in [0.15, 0.2) is 5.13 Å². The maximum Gasteiger partial charge on any atom is 0.270 e. The minimum absolute atomic E-state index is 0.129. The number of amides is 1. The Bertz CT molecular complexity index is 809. The molecule has 2 aromatic heterocycles. The lowest BCUT2D eigenvalue weighted by atomic mass is 10.1. The zero-order valence-electron chi connectivity index (χ0n) is 13.1. The average molecular weight is 339 g/mol. The van der Waals surface area contributed by atoms with Crippen molar-refractivity contribution in [2.24, 2.45) is 0 Å². The average Bonchev–Trinajstić information content (AvgIpc) is 3.07. The molecule has 0 atom stereocenters. The SMILES string of the molecule is O=C(NC1CCN(c2nc3ccccc3s2)CC1)c1ccncn1. The maximum atomic E-state index is 12.2. The van der Waals surface area contributed by atoms with Gasteiger partial charge in [0.1, 0.15) is 12.0 Å². The summed E-state index contributed by atoms with van der Waals surface area (Å²) in [6.45, 7) is 1.79. The number of carbonyl (C=O) groups is 1. The smallest absolute Gasteiger partial charge is 0.270 e. The van der Waals surface area contributed by atoms with Crippen molar-refractivity contribution in [2.75, 3.05) is 18.0 Å². The first kappa shape index (κ1) is 15.0. The molecule has 24 heavy (non-hydrogen) atoms. The van der Waals surface area contributed by atoms with Crippen LogP contribution in [0.3, 0.4) is 0 Å². The number of rotatable bonds is 3. The van der Waals surface area contributed by atoms with Gasteiger partial charge < -0.3 is 10.2 Å². The molecule has 0 unspecified atom stereocenters. The predicted octanol–water partition coefficient (Wildman–Crippen LogP) is 2.49. The van der Waals surface area contributed by atoms with E-state index in [2.05, 4.69) is 26.3 Å². The molecule has 6 nitrogen and oxygen atoms in total. The van der Waals surface area contributed by atoms with Gasteiger partial charge in [-0.25, -0.2) is 15.0 Å². The van der Waals surface area contributed by atoms with Gasteiger partial charge in [0.05, 0.1) is 10.2 Å². The second-order valence-corrected chi connectivity index (χ2v) is 6.80. The van der Waals surface area contributed by atoms with Gasteiger partial charge in [0.25, 0.3) is 5.91 Å². The Morgan fingerprint density at radius 3 is 2.79 bits per heavy atom. The molecule has 0 bridgehead atoms. The summed E-state index contributed by atoms with van der Waals surface area (Å²) in [4.78, 5) is 27.0. The van der Waals surface area contributed by atoms with Crippen LogP contribution < -0.4 is 10.2 Å². The van der Waals surface area contributed by atoms with Gasteiger partial charge in [-0.1, -0.05) is 23.5 Å². The Morgan fingerprint density at radius 1 is 1.21 bits per heavy atom. The zero-order valence-corrected chi connectivity index (χ0v) is 13.9. The highest BCUT2D eigenvalue weighted by atomic mass is 32.1. The first-order valence-electron chi connectivity index (χ1n) is 7.97. The number of nitrogens with zero attached hydrogens (tertiary/aromatic N) is 4. The van der Waals surface area contributed by atoms with Crippen molar-refractivity contribution in [3.05, 3.63) is 48.5 Å². The van der Waals surface area contributed by atoms with Crippen LogP contribution in [-0.2, 0) is 0 Å². The number of benzene rings is 1. The first-order chi connectivity index (χ1) is 11.8. The summed E-state index contributed by atoms with van der Waals surface area (Å²) >= 11 is 1.73. The van der Waals surface area contributed by atoms with Gasteiger partial charge in [0, 0.05) is 25.3 Å². The van der Waals surface area contributed by atoms with Crippen molar-refractivity contribution in [3.63, 3.8) is 0 Å². The van der Waals surface area contributed by atoms with Crippen molar-refractivity contribution < 1.29 is 4.79 Å². The largest absolute Gasteiger partial charge is 0.348 e. The van der Waals surface area contributed by atoms with Gasteiger partial charge in [-0.05, 0) is 31.0 Å². The molecule has 4 rings (SSSR count). The highest BCUT2D eigenvalue weighted by Crippen LogP contribution is 2.30. The Hall–Kier alpha value is -2.54. The third kappa shape index (κ3) is 3.07. The van der Waals surface area contributed by atoms with Crippen molar-refractivity contribution in [1.82, 2.24) is 20.3 Å². The third-order valence-corrected chi connectivity index (χ3v) is 5.30. The van der Waals surface area contributed by atoms with Crippen LogP contribution in [0, 0.1) is 0 Å². The number of thiazole rings is 1. The van der Waals surface area contributed by atoms with E-state index in [1.165, 1.54) is 11.0 Å². The Kier molecular flexibility index (Phi) is 4.08. The number of piperidine rings is 1. The molecular weight excluding hydrogens is 322 g/mol. The number of anilines is 1. The Balaban J connectivity index is 1.37. The highest BCUT2D eigenvalue weighted by Gasteiger charge is 2.23. The fraction of sp³-hybridized carbons (Fsp3) is 0.294. The zero-order chi connectivity index (χ0) is 16.4. The first-order valence-corrected chi connectivity index (χ1v) is 8.78. The molecule has 122 valence electrons. The molecule has 1 aliphatic heterocycles. The van der Waals surface area contributed by atoms with E-state index in [1.807, 2.05) is 18.2 Å². The summed E-state index contributed by atoms with van der Waals surface area (Å²) in [7, 11) is 0. The third-order valence-electron chi connectivity index (χ3n) is 4.20. The number of para-hydroxylation sites is 1. The van der Waals surface area contributed by atoms with E-state index in [4.69, 9.17) is 4.98 Å². The quantitative estimate of drug-likeness (QED) is 0.794. The Labute approximate surface area is 143 Å². The number of fused-ring (bicyclic) bond motifs is 1. The molecule has 0 spiro atoms. The summed E-state index contributed by atoms with van der Waals surface area (Å²) in [5.74, 6) is -0.129. The van der Waals surface area contributed by atoms with Crippen LogP contribution >= 0.6 is 11.3 Å². The van der Waals surface area contributed by atoms with Crippen LogP contribution in [-0.4, -0.2) is 40.0 Å². The van der Waals surface area contributed by atoms with Crippen LogP contribution in [0.5, 0.6) is 0 Å². The Morgan fingerprint density at radius 2 is 2.04 bits per heavy atom. The lowest BCUT2D eigenvalue weighted by Gasteiger charge is -2.32. The summed E-state index contributed by atoms with van der Waals surface area (Å²) < 4.78 is 1.21. The molecule has 1 aliphatic rings. The van der Waals surface area contributed by atoms with E-state index < -0.39 is 0 Å². The predicted molar refractivity (Wildman–Crippen MR) is 94.4 cm³/mol. The van der Waals surface area contributed by atoms with E-state index in [9.17, 15) is 4.79 Å². The lowest BCUT2D eigenvalue weighted by Crippen LogP contribution is -2.44.